The molecule has 0 aliphatic rings. The van der Waals surface area contributed by atoms with E-state index < -0.39 is 6.03 Å². The minimum Gasteiger partial charge on any atom is -0.495 e. The maximum absolute atomic E-state index is 11.2. The fraction of sp³-hybridized carbons (Fsp3) is 0.222. The van der Waals surface area contributed by atoms with Crippen LogP contribution in [0.25, 0.3) is 0 Å². The second-order valence-electron chi connectivity index (χ2n) is 2.68. The zero-order chi connectivity index (χ0) is 10.6. The molecule has 0 bridgehead atoms. The number of nitrogens with one attached hydrogen (secondary N) is 1. The summed E-state index contributed by atoms with van der Waals surface area (Å²) in [7, 11) is 3.16. The van der Waals surface area contributed by atoms with Crippen molar-refractivity contribution in [2.24, 2.45) is 5.84 Å². The van der Waals surface area contributed by atoms with Gasteiger partial charge in [-0.3, -0.25) is 10.3 Å². The van der Waals surface area contributed by atoms with Gasteiger partial charge in [-0.2, -0.15) is 0 Å². The van der Waals surface area contributed by atoms with E-state index in [9.17, 15) is 4.79 Å². The molecule has 0 aliphatic carbocycles. The number of anilines is 1. The van der Waals surface area contributed by atoms with E-state index in [1.165, 1.54) is 4.90 Å². The predicted octanol–water partition coefficient (Wildman–Crippen LogP) is 0.715. The Hall–Kier alpha value is -1.75. The Bertz CT molecular complexity index is 328. The van der Waals surface area contributed by atoms with Gasteiger partial charge in [0.25, 0.3) is 0 Å². The molecule has 76 valence electrons. The number of urea groups is 1. The van der Waals surface area contributed by atoms with Gasteiger partial charge in [0.15, 0.2) is 0 Å². The molecule has 2 amide bonds. The lowest BCUT2D eigenvalue weighted by Crippen LogP contribution is -2.41. The smallest absolute Gasteiger partial charge is 0.335 e. The highest BCUT2D eigenvalue weighted by molar-refractivity contribution is 5.92. The van der Waals surface area contributed by atoms with Gasteiger partial charge in [0.05, 0.1) is 12.8 Å². The van der Waals surface area contributed by atoms with Crippen LogP contribution in [-0.4, -0.2) is 20.2 Å². The zero-order valence-electron chi connectivity index (χ0n) is 8.15. The first-order chi connectivity index (χ1) is 6.70. The number of carbonyl (C=O) groups is 1. The monoisotopic (exact) mass is 195 g/mol. The third-order valence-electron chi connectivity index (χ3n) is 1.87. The lowest BCUT2D eigenvalue weighted by Gasteiger charge is -2.18. The van der Waals surface area contributed by atoms with Gasteiger partial charge < -0.3 is 4.74 Å². The van der Waals surface area contributed by atoms with E-state index in [1.54, 1.807) is 26.3 Å². The second kappa shape index (κ2) is 4.48. The molecular weight excluding hydrogens is 182 g/mol. The predicted molar refractivity (Wildman–Crippen MR) is 54.1 cm³/mol. The Morgan fingerprint density at radius 1 is 1.50 bits per heavy atom. The number of methoxy groups -OCH3 is 1. The Morgan fingerprint density at radius 3 is 2.71 bits per heavy atom. The van der Waals surface area contributed by atoms with Crippen LogP contribution in [0.3, 0.4) is 0 Å². The lowest BCUT2D eigenvalue weighted by atomic mass is 10.3. The number of para-hydroxylation sites is 2. The Morgan fingerprint density at radius 2 is 2.14 bits per heavy atom. The average Bonchev–Trinajstić information content (AvgIpc) is 2.26. The largest absolute Gasteiger partial charge is 0.495 e. The SMILES string of the molecule is COc1ccccc1N(C)C(=O)NN. The molecule has 1 aromatic carbocycles. The third kappa shape index (κ3) is 1.94. The minimum absolute atomic E-state index is 0.394. The quantitative estimate of drug-likeness (QED) is 0.415. The molecule has 0 spiro atoms. The van der Waals surface area contributed by atoms with Crippen LogP contribution < -0.4 is 20.9 Å². The molecule has 0 aromatic heterocycles. The standard InChI is InChI=1S/C9H13N3O2/c1-12(9(13)11-10)7-5-3-4-6-8(7)14-2/h3-6H,10H2,1-2H3,(H,11,13). The van der Waals surface area contributed by atoms with Gasteiger partial charge >= 0.3 is 6.03 Å². The van der Waals surface area contributed by atoms with Crippen molar-refractivity contribution in [3.63, 3.8) is 0 Å². The van der Waals surface area contributed by atoms with Crippen molar-refractivity contribution >= 4 is 11.7 Å². The summed E-state index contributed by atoms with van der Waals surface area (Å²) in [4.78, 5) is 12.6. The van der Waals surface area contributed by atoms with Gasteiger partial charge in [-0.1, -0.05) is 12.1 Å². The summed E-state index contributed by atoms with van der Waals surface area (Å²) < 4.78 is 5.10. The van der Waals surface area contributed by atoms with Crippen LogP contribution in [-0.2, 0) is 0 Å². The van der Waals surface area contributed by atoms with Crippen LogP contribution in [0.15, 0.2) is 24.3 Å². The summed E-state index contributed by atoms with van der Waals surface area (Å²) in [5, 5.41) is 0. The molecule has 0 radical (unpaired) electrons. The van der Waals surface area contributed by atoms with Gasteiger partial charge in [-0.05, 0) is 12.1 Å². The number of nitrogens with two attached hydrogens (primary N) is 1. The Kier molecular flexibility index (Phi) is 3.30. The van der Waals surface area contributed by atoms with Crippen LogP contribution in [0.4, 0.5) is 10.5 Å². The van der Waals surface area contributed by atoms with Crippen molar-refractivity contribution in [3.8, 4) is 5.75 Å². The van der Waals surface area contributed by atoms with E-state index in [1.807, 2.05) is 17.6 Å². The number of carbonyl (C=O) groups excluding carboxylic acids is 1. The molecule has 0 fully saturated rings. The first kappa shape index (κ1) is 10.3. The molecule has 5 heteroatoms. The van der Waals surface area contributed by atoms with Crippen molar-refractivity contribution < 1.29 is 9.53 Å². The summed E-state index contributed by atoms with van der Waals surface area (Å²) in [6.07, 6.45) is 0. The molecule has 14 heavy (non-hydrogen) atoms. The van der Waals surface area contributed by atoms with Crippen molar-refractivity contribution in [3.05, 3.63) is 24.3 Å². The van der Waals surface area contributed by atoms with Gasteiger partial charge in [0, 0.05) is 7.05 Å². The van der Waals surface area contributed by atoms with Gasteiger partial charge in [0.1, 0.15) is 5.75 Å². The molecule has 0 atom stereocenters. The third-order valence-corrected chi connectivity index (χ3v) is 1.87. The van der Waals surface area contributed by atoms with Crippen LogP contribution in [0.2, 0.25) is 0 Å². The highest BCUT2D eigenvalue weighted by Gasteiger charge is 2.12. The lowest BCUT2D eigenvalue weighted by molar-refractivity contribution is 0.247. The second-order valence-corrected chi connectivity index (χ2v) is 2.68. The minimum atomic E-state index is -0.394. The summed E-state index contributed by atoms with van der Waals surface area (Å²) >= 11 is 0. The molecule has 3 N–H and O–H groups in total. The van der Waals surface area contributed by atoms with Crippen molar-refractivity contribution in [1.82, 2.24) is 5.43 Å². The topological polar surface area (TPSA) is 67.6 Å². The number of nitrogens with zero attached hydrogens (tertiary/aromatic N) is 1. The zero-order valence-corrected chi connectivity index (χ0v) is 8.15. The Balaban J connectivity index is 2.99. The van der Waals surface area contributed by atoms with Crippen molar-refractivity contribution in [2.45, 2.75) is 0 Å². The molecule has 0 unspecified atom stereocenters. The maximum Gasteiger partial charge on any atom is 0.335 e. The average molecular weight is 195 g/mol. The van der Waals surface area contributed by atoms with E-state index in [-0.39, 0.29) is 0 Å². The fourth-order valence-corrected chi connectivity index (χ4v) is 1.11. The highest BCUT2D eigenvalue weighted by atomic mass is 16.5. The first-order valence-corrected chi connectivity index (χ1v) is 4.08. The molecule has 1 aromatic rings. The van der Waals surface area contributed by atoms with Crippen LogP contribution in [0.5, 0.6) is 5.75 Å². The number of amides is 2. The number of rotatable bonds is 2. The van der Waals surface area contributed by atoms with E-state index in [0.29, 0.717) is 11.4 Å². The molecule has 0 saturated heterocycles. The van der Waals surface area contributed by atoms with Crippen molar-refractivity contribution in [1.29, 1.82) is 0 Å². The van der Waals surface area contributed by atoms with E-state index in [4.69, 9.17) is 10.6 Å². The van der Waals surface area contributed by atoms with Gasteiger partial charge in [-0.15, -0.1) is 0 Å². The molecule has 0 aliphatic heterocycles. The normalized spacial score (nSPS) is 9.36. The van der Waals surface area contributed by atoms with Crippen LogP contribution in [0, 0.1) is 0 Å². The molecule has 0 saturated carbocycles. The molecule has 0 heterocycles. The number of hydrogen-bond donors (Lipinski definition) is 2. The summed E-state index contributed by atoms with van der Waals surface area (Å²) in [5.74, 6) is 5.64. The summed E-state index contributed by atoms with van der Waals surface area (Å²) in [6.45, 7) is 0. The molecule has 1 rings (SSSR count). The van der Waals surface area contributed by atoms with Crippen LogP contribution in [0.1, 0.15) is 0 Å². The van der Waals surface area contributed by atoms with E-state index >= 15 is 0 Å². The summed E-state index contributed by atoms with van der Waals surface area (Å²) in [5.41, 5.74) is 2.71. The molecular formula is C9H13N3O2. The molecule has 5 nitrogen and oxygen atoms in total. The highest BCUT2D eigenvalue weighted by Crippen LogP contribution is 2.26. The van der Waals surface area contributed by atoms with E-state index in [2.05, 4.69) is 0 Å². The maximum atomic E-state index is 11.2. The Labute approximate surface area is 82.4 Å². The van der Waals surface area contributed by atoms with Crippen molar-refractivity contribution in [2.75, 3.05) is 19.1 Å². The number of ether oxygens (including phenoxy) is 1. The summed E-state index contributed by atoms with van der Waals surface area (Å²) in [6, 6.07) is 6.80. The number of hydrogen-bond acceptors (Lipinski definition) is 3. The van der Waals surface area contributed by atoms with E-state index in [0.717, 1.165) is 0 Å². The first-order valence-electron chi connectivity index (χ1n) is 4.08. The van der Waals surface area contributed by atoms with Gasteiger partial charge in [-0.25, -0.2) is 10.6 Å². The van der Waals surface area contributed by atoms with Crippen LogP contribution >= 0.6 is 0 Å². The fourth-order valence-electron chi connectivity index (χ4n) is 1.11. The number of benzene rings is 1. The number of hydrazine groups is 1. The van der Waals surface area contributed by atoms with Gasteiger partial charge in [0.2, 0.25) is 0 Å².